The Bertz CT molecular complexity index is 1590. The number of aliphatic hydroxyl groups excluding tert-OH is 1. The second-order valence-electron chi connectivity index (χ2n) is 18.5. The number of carbonyl (C=O) groups is 1. The van der Waals surface area contributed by atoms with E-state index in [9.17, 15) is 15.0 Å². The molecule has 0 amide bonds. The molecule has 8 bridgehead atoms. The Kier molecular flexibility index (Phi) is 11.9. The van der Waals surface area contributed by atoms with Crippen molar-refractivity contribution in [3.8, 4) is 23.3 Å². The van der Waals surface area contributed by atoms with Crippen molar-refractivity contribution in [1.82, 2.24) is 20.4 Å². The van der Waals surface area contributed by atoms with Crippen molar-refractivity contribution in [2.75, 3.05) is 45.8 Å². The summed E-state index contributed by atoms with van der Waals surface area (Å²) in [5, 5.41) is 30.2. The number of piperidine rings is 3. The largest absolute Gasteiger partial charge is 0.504 e. The van der Waals surface area contributed by atoms with E-state index in [0.717, 1.165) is 96.2 Å². The number of aliphatic imine (C=N–C) groups is 1. The number of carbonyl (C=O) groups excluding carboxylic acids is 1. The number of nitrogens with one attached hydrogen (secondary N) is 2. The first-order chi connectivity index (χ1) is 26.6. The van der Waals surface area contributed by atoms with Gasteiger partial charge in [-0.05, 0) is 126 Å². The van der Waals surface area contributed by atoms with E-state index in [4.69, 9.17) is 20.2 Å². The highest BCUT2D eigenvalue weighted by Crippen LogP contribution is 2.41. The SMILES string of the molecule is CC(=O)O[C@H]1C[C@@H](O)CC[C@]2(C#C[C@H]3CCC[C@@H]4C[C@@H](CCN4)Oc4cc(ccc4O)C[C@H]13)CCN1C[C@H]3C[C@@H](C1)CN(C3)C1(CCCCC1)NC(N)=NC2. The molecular formula is C44H66N6O5. The van der Waals surface area contributed by atoms with Crippen LogP contribution in [0.25, 0.3) is 0 Å². The maximum Gasteiger partial charge on any atom is 0.302 e. The molecule has 1 aromatic rings. The normalized spacial score (nSPS) is 39.3. The van der Waals surface area contributed by atoms with Gasteiger partial charge in [-0.15, -0.1) is 0 Å². The Hall–Kier alpha value is -3.04. The number of benzene rings is 1. The highest BCUT2D eigenvalue weighted by molar-refractivity contribution is 5.78. The molecule has 0 radical (unpaired) electrons. The summed E-state index contributed by atoms with van der Waals surface area (Å²) >= 11 is 0. The van der Waals surface area contributed by atoms with Gasteiger partial charge >= 0.3 is 5.97 Å². The fourth-order valence-electron chi connectivity index (χ4n) is 11.5. The highest BCUT2D eigenvalue weighted by Gasteiger charge is 2.46. The van der Waals surface area contributed by atoms with Crippen LogP contribution in [-0.2, 0) is 16.0 Å². The van der Waals surface area contributed by atoms with Crippen molar-refractivity contribution >= 4 is 11.9 Å². The number of aromatic hydroxyl groups is 1. The molecule has 2 aliphatic carbocycles. The lowest BCUT2D eigenvalue weighted by molar-refractivity contribution is -0.152. The van der Waals surface area contributed by atoms with Gasteiger partial charge in [-0.2, -0.15) is 0 Å². The van der Waals surface area contributed by atoms with Crippen molar-refractivity contribution in [2.24, 2.45) is 39.8 Å². The molecular weight excluding hydrogens is 693 g/mol. The fourth-order valence-corrected chi connectivity index (χ4v) is 11.5. The third-order valence-electron chi connectivity index (χ3n) is 14.4. The predicted molar refractivity (Wildman–Crippen MR) is 213 cm³/mol. The van der Waals surface area contributed by atoms with E-state index in [1.54, 1.807) is 6.07 Å². The molecule has 6 heterocycles. The lowest BCUT2D eigenvalue weighted by atomic mass is 9.73. The van der Waals surface area contributed by atoms with Crippen LogP contribution in [0.4, 0.5) is 0 Å². The molecule has 9 rings (SSSR count). The standard InChI is InChI=1S/C44H66N6O5/c1-30(51)54-40-24-36(52)11-16-43(15-10-34-6-5-7-35-23-37(12-18-46-35)55-41-22-31(21-38(34)40)8-9-39(41)53)17-19-49-25-32-20-33(26-49)28-50(27-32)44(13-3-2-4-14-44)48-42(45)47-29-43/h8-9,22,32-38,40,46,52-53H,2-7,11-14,16-21,23-29H2,1H3,(H3,45,47,48)/t32-,33+,34-,35-,36+,37-,38+,40+,43-/m1/s1. The molecule has 4 fully saturated rings. The molecule has 2 unspecified atom stereocenters. The van der Waals surface area contributed by atoms with E-state index >= 15 is 0 Å². The molecule has 6 N–H and O–H groups in total. The second-order valence-corrected chi connectivity index (χ2v) is 18.5. The van der Waals surface area contributed by atoms with Gasteiger partial charge in [0.05, 0.1) is 23.7 Å². The third kappa shape index (κ3) is 9.24. The lowest BCUT2D eigenvalue weighted by Crippen LogP contribution is -2.67. The number of guanidine groups is 1. The van der Waals surface area contributed by atoms with Gasteiger partial charge in [0, 0.05) is 57.4 Å². The Balaban J connectivity index is 1.17. The molecule has 3 saturated heterocycles. The molecule has 302 valence electrons. The van der Waals surface area contributed by atoms with E-state index in [2.05, 4.69) is 32.3 Å². The number of hydrogen-bond donors (Lipinski definition) is 5. The van der Waals surface area contributed by atoms with Crippen LogP contribution >= 0.6 is 0 Å². The average molecular weight is 759 g/mol. The molecule has 11 atom stereocenters. The summed E-state index contributed by atoms with van der Waals surface area (Å²) in [5.74, 6) is 9.71. The van der Waals surface area contributed by atoms with Crippen LogP contribution in [0.15, 0.2) is 23.2 Å². The van der Waals surface area contributed by atoms with Crippen LogP contribution in [0, 0.1) is 40.9 Å². The van der Waals surface area contributed by atoms with Crippen molar-refractivity contribution in [1.29, 1.82) is 0 Å². The maximum absolute atomic E-state index is 12.7. The molecule has 1 saturated carbocycles. The second kappa shape index (κ2) is 16.8. The first-order valence-electron chi connectivity index (χ1n) is 21.8. The number of nitrogens with zero attached hydrogens (tertiary/aromatic N) is 3. The van der Waals surface area contributed by atoms with Crippen LogP contribution in [0.5, 0.6) is 11.5 Å². The number of rotatable bonds is 1. The van der Waals surface area contributed by atoms with E-state index in [-0.39, 0.29) is 35.3 Å². The van der Waals surface area contributed by atoms with Gasteiger partial charge in [0.2, 0.25) is 0 Å². The maximum atomic E-state index is 12.7. The van der Waals surface area contributed by atoms with E-state index < -0.39 is 17.6 Å². The van der Waals surface area contributed by atoms with Crippen LogP contribution < -0.4 is 21.1 Å². The molecule has 1 aromatic carbocycles. The van der Waals surface area contributed by atoms with Gasteiger partial charge in [0.15, 0.2) is 17.5 Å². The predicted octanol–water partition coefficient (Wildman–Crippen LogP) is 4.54. The summed E-state index contributed by atoms with van der Waals surface area (Å²) in [7, 11) is 0. The van der Waals surface area contributed by atoms with E-state index in [1.807, 2.05) is 12.1 Å². The first-order valence-corrected chi connectivity index (χ1v) is 21.8. The number of ether oxygens (including phenoxy) is 2. The summed E-state index contributed by atoms with van der Waals surface area (Å²) in [6.07, 6.45) is 13.7. The minimum Gasteiger partial charge on any atom is -0.504 e. The number of phenolic OH excluding ortho intramolecular Hbond substituents is 1. The van der Waals surface area contributed by atoms with Gasteiger partial charge in [0.25, 0.3) is 0 Å². The van der Waals surface area contributed by atoms with Gasteiger partial charge < -0.3 is 41.0 Å². The van der Waals surface area contributed by atoms with E-state index in [0.29, 0.717) is 61.8 Å². The zero-order chi connectivity index (χ0) is 38.0. The fraction of sp³-hybridized carbons (Fsp3) is 0.773. The van der Waals surface area contributed by atoms with Gasteiger partial charge in [-0.1, -0.05) is 30.7 Å². The van der Waals surface area contributed by atoms with Crippen molar-refractivity contribution in [3.63, 3.8) is 0 Å². The molecule has 2 spiro atoms. The molecule has 11 heteroatoms. The zero-order valence-corrected chi connectivity index (χ0v) is 33.2. The Labute approximate surface area is 328 Å². The van der Waals surface area contributed by atoms with Crippen molar-refractivity contribution in [3.05, 3.63) is 23.8 Å². The lowest BCUT2D eigenvalue weighted by Gasteiger charge is -2.54. The van der Waals surface area contributed by atoms with E-state index in [1.165, 1.54) is 32.6 Å². The Morgan fingerprint density at radius 3 is 2.62 bits per heavy atom. The van der Waals surface area contributed by atoms with Crippen molar-refractivity contribution < 1.29 is 24.5 Å². The minimum absolute atomic E-state index is 0.0384. The number of nitrogens with two attached hydrogens (primary N) is 1. The number of esters is 1. The molecule has 11 nitrogen and oxygen atoms in total. The number of phenols is 1. The summed E-state index contributed by atoms with van der Waals surface area (Å²) in [4.78, 5) is 23.3. The van der Waals surface area contributed by atoms with Gasteiger partial charge in [-0.3, -0.25) is 14.7 Å². The monoisotopic (exact) mass is 759 g/mol. The summed E-state index contributed by atoms with van der Waals surface area (Å²) in [6, 6.07) is 5.95. The number of aliphatic hydroxyl groups is 1. The van der Waals surface area contributed by atoms with Crippen LogP contribution in [-0.4, -0.2) is 108 Å². The average Bonchev–Trinajstić information content (AvgIpc) is 3.17. The first kappa shape index (κ1) is 38.8. The van der Waals surface area contributed by atoms with Crippen molar-refractivity contribution in [2.45, 2.75) is 140 Å². The zero-order valence-electron chi connectivity index (χ0n) is 33.2. The number of fused-ring (bicyclic) bond motifs is 8. The molecule has 55 heavy (non-hydrogen) atoms. The Morgan fingerprint density at radius 2 is 1.82 bits per heavy atom. The molecule has 0 aromatic heterocycles. The topological polar surface area (TPSA) is 145 Å². The smallest absolute Gasteiger partial charge is 0.302 e. The van der Waals surface area contributed by atoms with Crippen LogP contribution in [0.1, 0.15) is 109 Å². The Morgan fingerprint density at radius 1 is 1.00 bits per heavy atom. The third-order valence-corrected chi connectivity index (χ3v) is 14.4. The van der Waals surface area contributed by atoms with Gasteiger partial charge in [-0.25, -0.2) is 0 Å². The molecule has 8 aliphatic rings. The highest BCUT2D eigenvalue weighted by atomic mass is 16.5. The van der Waals surface area contributed by atoms with Crippen LogP contribution in [0.2, 0.25) is 0 Å². The van der Waals surface area contributed by atoms with Crippen LogP contribution in [0.3, 0.4) is 0 Å². The van der Waals surface area contributed by atoms with Gasteiger partial charge in [0.1, 0.15) is 12.2 Å². The molecule has 6 aliphatic heterocycles. The summed E-state index contributed by atoms with van der Waals surface area (Å²) in [5.41, 5.74) is 7.30. The summed E-state index contributed by atoms with van der Waals surface area (Å²) in [6.45, 7) is 8.26. The number of hydrogen-bond acceptors (Lipinski definition) is 11. The summed E-state index contributed by atoms with van der Waals surface area (Å²) < 4.78 is 12.6. The quantitative estimate of drug-likeness (QED) is 0.205. The minimum atomic E-state index is -0.664.